The van der Waals surface area contributed by atoms with Gasteiger partial charge in [-0.3, -0.25) is 14.5 Å². The number of nitrogens with zero attached hydrogens (tertiary/aromatic N) is 1. The highest BCUT2D eigenvalue weighted by Crippen LogP contribution is 2.32. The summed E-state index contributed by atoms with van der Waals surface area (Å²) in [6.45, 7) is 3.95. The fraction of sp³-hybridized carbons (Fsp3) is 0.231. The van der Waals surface area contributed by atoms with Gasteiger partial charge in [0.2, 0.25) is 12.0 Å². The molecule has 0 radical (unpaired) electrons. The monoisotopic (exact) mass is 448 g/mol. The Kier molecular flexibility index (Phi) is 6.58. The number of benzene rings is 3. The van der Waals surface area contributed by atoms with E-state index in [9.17, 15) is 14.0 Å². The summed E-state index contributed by atoms with van der Waals surface area (Å²) in [5.74, 6) is 0.0227. The average molecular weight is 448 g/mol. The van der Waals surface area contributed by atoms with Crippen molar-refractivity contribution in [3.63, 3.8) is 0 Å². The summed E-state index contributed by atoms with van der Waals surface area (Å²) in [7, 11) is 0. The minimum atomic E-state index is -0.885. The lowest BCUT2D eigenvalue weighted by Gasteiger charge is -2.31. The molecule has 1 atom stereocenters. The zero-order chi connectivity index (χ0) is 23.4. The van der Waals surface area contributed by atoms with E-state index >= 15 is 0 Å². The van der Waals surface area contributed by atoms with Crippen molar-refractivity contribution in [2.45, 2.75) is 26.5 Å². The highest BCUT2D eigenvalue weighted by molar-refractivity contribution is 6.02. The number of ether oxygens (including phenoxy) is 2. The first-order chi connectivity index (χ1) is 15.9. The molecule has 1 aliphatic rings. The Morgan fingerprint density at radius 2 is 1.73 bits per heavy atom. The summed E-state index contributed by atoms with van der Waals surface area (Å²) >= 11 is 0. The quantitative estimate of drug-likeness (QED) is 0.621. The number of fused-ring (bicyclic) bond motifs is 1. The third-order valence-corrected chi connectivity index (χ3v) is 5.62. The minimum absolute atomic E-state index is 0.0500. The smallest absolute Gasteiger partial charge is 0.272 e. The van der Waals surface area contributed by atoms with Crippen LogP contribution in [0.5, 0.6) is 11.5 Å². The summed E-state index contributed by atoms with van der Waals surface area (Å²) in [4.78, 5) is 27.8. The lowest BCUT2D eigenvalue weighted by atomic mass is 10.1. The van der Waals surface area contributed by atoms with Gasteiger partial charge in [-0.15, -0.1) is 0 Å². The molecule has 6 nitrogen and oxygen atoms in total. The summed E-state index contributed by atoms with van der Waals surface area (Å²) in [6, 6.07) is 18.7. The number of anilines is 1. The van der Waals surface area contributed by atoms with Gasteiger partial charge in [0.1, 0.15) is 19.0 Å². The van der Waals surface area contributed by atoms with Crippen molar-refractivity contribution < 1.29 is 23.5 Å². The predicted molar refractivity (Wildman–Crippen MR) is 123 cm³/mol. The van der Waals surface area contributed by atoms with Crippen LogP contribution in [-0.2, 0) is 16.1 Å². The van der Waals surface area contributed by atoms with Crippen LogP contribution in [0.2, 0.25) is 0 Å². The van der Waals surface area contributed by atoms with Crippen molar-refractivity contribution in [2.24, 2.45) is 0 Å². The second-order valence-electron chi connectivity index (χ2n) is 7.91. The van der Waals surface area contributed by atoms with Gasteiger partial charge in [-0.1, -0.05) is 36.4 Å². The first-order valence-corrected chi connectivity index (χ1v) is 10.7. The van der Waals surface area contributed by atoms with E-state index in [1.807, 2.05) is 38.1 Å². The van der Waals surface area contributed by atoms with Gasteiger partial charge in [-0.05, 0) is 60.9 Å². The molecule has 0 aromatic heterocycles. The van der Waals surface area contributed by atoms with Crippen LogP contribution in [-0.4, -0.2) is 31.1 Å². The van der Waals surface area contributed by atoms with Crippen LogP contribution in [0.4, 0.5) is 10.1 Å². The number of hydrogen-bond donors (Lipinski definition) is 1. The molecule has 1 aliphatic heterocycles. The third kappa shape index (κ3) is 5.14. The maximum atomic E-state index is 13.5. The molecule has 0 unspecified atom stereocenters. The van der Waals surface area contributed by atoms with Gasteiger partial charge in [0.05, 0.1) is 0 Å². The highest BCUT2D eigenvalue weighted by atomic mass is 19.1. The molecule has 7 heteroatoms. The maximum Gasteiger partial charge on any atom is 0.272 e. The van der Waals surface area contributed by atoms with Gasteiger partial charge in [-0.2, -0.15) is 0 Å². The van der Waals surface area contributed by atoms with Crippen LogP contribution >= 0.6 is 0 Å². The van der Waals surface area contributed by atoms with Crippen molar-refractivity contribution in [2.75, 3.05) is 18.1 Å². The molecule has 1 heterocycles. The molecule has 33 heavy (non-hydrogen) atoms. The van der Waals surface area contributed by atoms with E-state index in [2.05, 4.69) is 5.32 Å². The van der Waals surface area contributed by atoms with E-state index in [-0.39, 0.29) is 37.3 Å². The lowest BCUT2D eigenvalue weighted by Crippen LogP contribution is -2.50. The Hall–Kier alpha value is -3.87. The molecule has 0 saturated heterocycles. The van der Waals surface area contributed by atoms with Gasteiger partial charge < -0.3 is 14.8 Å². The SMILES string of the molecule is Cc1cccc(N(CC(=O)NCc2ccc(F)cc2)C(=O)[C@H]2COc3ccccc3O2)c1C. The number of carbonyl (C=O) groups excluding carboxylic acids is 2. The number of aryl methyl sites for hydroxylation is 1. The van der Waals surface area contributed by atoms with Crippen LogP contribution in [0.3, 0.4) is 0 Å². The zero-order valence-electron chi connectivity index (χ0n) is 18.5. The highest BCUT2D eigenvalue weighted by Gasteiger charge is 2.33. The van der Waals surface area contributed by atoms with Gasteiger partial charge in [0.15, 0.2) is 11.5 Å². The fourth-order valence-electron chi connectivity index (χ4n) is 3.63. The molecule has 4 rings (SSSR count). The molecule has 3 aromatic carbocycles. The third-order valence-electron chi connectivity index (χ3n) is 5.62. The van der Waals surface area contributed by atoms with Crippen molar-refractivity contribution in [1.82, 2.24) is 5.32 Å². The molecule has 0 bridgehead atoms. The van der Waals surface area contributed by atoms with E-state index in [1.54, 1.807) is 30.3 Å². The molecule has 2 amide bonds. The van der Waals surface area contributed by atoms with Crippen molar-refractivity contribution in [1.29, 1.82) is 0 Å². The largest absolute Gasteiger partial charge is 0.485 e. The molecular formula is C26H25FN2O4. The fourth-order valence-corrected chi connectivity index (χ4v) is 3.63. The van der Waals surface area contributed by atoms with E-state index in [1.165, 1.54) is 17.0 Å². The van der Waals surface area contributed by atoms with Crippen molar-refractivity contribution >= 4 is 17.5 Å². The average Bonchev–Trinajstić information content (AvgIpc) is 2.83. The Morgan fingerprint density at radius 1 is 1.00 bits per heavy atom. The van der Waals surface area contributed by atoms with Gasteiger partial charge in [-0.25, -0.2) is 4.39 Å². The molecule has 0 spiro atoms. The van der Waals surface area contributed by atoms with Crippen LogP contribution < -0.4 is 19.7 Å². The first-order valence-electron chi connectivity index (χ1n) is 10.7. The van der Waals surface area contributed by atoms with E-state index in [0.717, 1.165) is 16.7 Å². The van der Waals surface area contributed by atoms with Crippen LogP contribution in [0.1, 0.15) is 16.7 Å². The number of rotatable bonds is 6. The molecule has 170 valence electrons. The molecular weight excluding hydrogens is 423 g/mol. The number of carbonyl (C=O) groups is 2. The number of amides is 2. The number of hydrogen-bond acceptors (Lipinski definition) is 4. The normalized spacial score (nSPS) is 14.5. The molecule has 0 fully saturated rings. The van der Waals surface area contributed by atoms with Crippen LogP contribution in [0.15, 0.2) is 66.7 Å². The summed E-state index contributed by atoms with van der Waals surface area (Å²) in [6.07, 6.45) is -0.885. The van der Waals surface area contributed by atoms with Crippen LogP contribution in [0, 0.1) is 19.7 Å². The lowest BCUT2D eigenvalue weighted by molar-refractivity contribution is -0.129. The standard InChI is InChI=1S/C26H25FN2O4/c1-17-6-5-7-21(18(17)2)29(15-25(30)28-14-19-10-12-20(27)13-11-19)26(31)24-16-32-22-8-3-4-9-23(22)33-24/h3-13,24H,14-16H2,1-2H3,(H,28,30)/t24-/m1/s1. The zero-order valence-corrected chi connectivity index (χ0v) is 18.5. The maximum absolute atomic E-state index is 13.5. The van der Waals surface area contributed by atoms with Crippen LogP contribution in [0.25, 0.3) is 0 Å². The summed E-state index contributed by atoms with van der Waals surface area (Å²) in [5, 5.41) is 2.80. The van der Waals surface area contributed by atoms with Gasteiger partial charge in [0, 0.05) is 12.2 Å². The predicted octanol–water partition coefficient (Wildman–Crippen LogP) is 3.93. The number of halogens is 1. The summed E-state index contributed by atoms with van der Waals surface area (Å²) in [5.41, 5.74) is 3.30. The Balaban J connectivity index is 1.53. The topological polar surface area (TPSA) is 67.9 Å². The Labute approximate surface area is 191 Å². The Bertz CT molecular complexity index is 1160. The second-order valence-corrected chi connectivity index (χ2v) is 7.91. The summed E-state index contributed by atoms with van der Waals surface area (Å²) < 4.78 is 24.7. The molecule has 0 aliphatic carbocycles. The minimum Gasteiger partial charge on any atom is -0.485 e. The second kappa shape index (κ2) is 9.73. The molecule has 3 aromatic rings. The van der Waals surface area contributed by atoms with Crippen molar-refractivity contribution in [3.05, 3.63) is 89.2 Å². The van der Waals surface area contributed by atoms with Crippen molar-refractivity contribution in [3.8, 4) is 11.5 Å². The number of para-hydroxylation sites is 2. The van der Waals surface area contributed by atoms with Gasteiger partial charge in [0.25, 0.3) is 5.91 Å². The van der Waals surface area contributed by atoms with E-state index < -0.39 is 6.10 Å². The first kappa shape index (κ1) is 22.3. The van der Waals surface area contributed by atoms with Gasteiger partial charge >= 0.3 is 0 Å². The number of nitrogens with one attached hydrogen (secondary N) is 1. The Morgan fingerprint density at radius 3 is 2.48 bits per heavy atom. The van der Waals surface area contributed by atoms with E-state index in [0.29, 0.717) is 17.2 Å². The molecule has 0 saturated carbocycles. The molecule has 1 N–H and O–H groups in total. The van der Waals surface area contributed by atoms with E-state index in [4.69, 9.17) is 9.47 Å².